The molecule has 1 fully saturated rings. The Morgan fingerprint density at radius 3 is 2.55 bits per heavy atom. The summed E-state index contributed by atoms with van der Waals surface area (Å²) in [6.45, 7) is 6.32. The summed E-state index contributed by atoms with van der Waals surface area (Å²) in [5.41, 5.74) is 0. The van der Waals surface area contributed by atoms with Crippen LogP contribution in [0.2, 0.25) is 0 Å². The van der Waals surface area contributed by atoms with Crippen molar-refractivity contribution in [3.63, 3.8) is 0 Å². The highest BCUT2D eigenvalue weighted by Gasteiger charge is 2.30. The molecule has 1 heterocycles. The van der Waals surface area contributed by atoms with Crippen LogP contribution in [0.5, 0.6) is 0 Å². The van der Waals surface area contributed by atoms with E-state index in [1.54, 1.807) is 18.5 Å². The summed E-state index contributed by atoms with van der Waals surface area (Å²) in [5.74, 6) is 0.491. The lowest BCUT2D eigenvalue weighted by atomic mass is 9.99. The molecule has 20 heavy (non-hydrogen) atoms. The van der Waals surface area contributed by atoms with Crippen LogP contribution < -0.4 is 5.32 Å². The van der Waals surface area contributed by atoms with E-state index in [2.05, 4.69) is 5.32 Å². The zero-order chi connectivity index (χ0) is 15.0. The number of ether oxygens (including phenoxy) is 1. The molecule has 1 aliphatic heterocycles. The molecule has 0 aromatic rings. The van der Waals surface area contributed by atoms with Gasteiger partial charge in [-0.1, -0.05) is 6.92 Å². The molecule has 0 spiro atoms. The maximum Gasteiger partial charge on any atom is 0.281 e. The highest BCUT2D eigenvalue weighted by atomic mass is 32.2. The molecule has 0 radical (unpaired) electrons. The van der Waals surface area contributed by atoms with E-state index in [0.717, 1.165) is 39.0 Å². The van der Waals surface area contributed by atoms with Crippen molar-refractivity contribution in [2.24, 2.45) is 5.92 Å². The van der Waals surface area contributed by atoms with Gasteiger partial charge in [0.25, 0.3) is 10.2 Å². The molecule has 1 saturated heterocycles. The van der Waals surface area contributed by atoms with Crippen molar-refractivity contribution in [2.75, 3.05) is 53.5 Å². The number of methoxy groups -OCH3 is 1. The van der Waals surface area contributed by atoms with E-state index < -0.39 is 10.2 Å². The van der Waals surface area contributed by atoms with Gasteiger partial charge >= 0.3 is 0 Å². The molecule has 6 nitrogen and oxygen atoms in total. The molecule has 0 bridgehead atoms. The summed E-state index contributed by atoms with van der Waals surface area (Å²) >= 11 is 0. The van der Waals surface area contributed by atoms with E-state index in [4.69, 9.17) is 4.74 Å². The summed E-state index contributed by atoms with van der Waals surface area (Å²) in [4.78, 5) is 0. The van der Waals surface area contributed by atoms with Gasteiger partial charge in [0.15, 0.2) is 0 Å². The first-order chi connectivity index (χ1) is 9.52. The fourth-order valence-electron chi connectivity index (χ4n) is 2.46. The summed E-state index contributed by atoms with van der Waals surface area (Å²) < 4.78 is 33.0. The van der Waals surface area contributed by atoms with Crippen molar-refractivity contribution in [3.05, 3.63) is 0 Å². The van der Waals surface area contributed by atoms with Crippen LogP contribution >= 0.6 is 0 Å². The Morgan fingerprint density at radius 2 is 2.00 bits per heavy atom. The Bertz CT molecular complexity index is 354. The van der Waals surface area contributed by atoms with Crippen molar-refractivity contribution < 1.29 is 13.2 Å². The SMILES string of the molecule is CCNCCCN(C)S(=O)(=O)N1CCC(COC)CC1. The lowest BCUT2D eigenvalue weighted by Gasteiger charge is -2.33. The molecule has 0 aliphatic carbocycles. The van der Waals surface area contributed by atoms with Gasteiger partial charge in [-0.25, -0.2) is 0 Å². The minimum Gasteiger partial charge on any atom is -0.384 e. The van der Waals surface area contributed by atoms with E-state index in [1.165, 1.54) is 4.31 Å². The van der Waals surface area contributed by atoms with Gasteiger partial charge < -0.3 is 10.1 Å². The summed E-state index contributed by atoms with van der Waals surface area (Å²) in [6, 6.07) is 0. The van der Waals surface area contributed by atoms with Crippen molar-refractivity contribution in [1.29, 1.82) is 0 Å². The van der Waals surface area contributed by atoms with Gasteiger partial charge in [0, 0.05) is 40.4 Å². The molecule has 0 saturated carbocycles. The normalized spacial score (nSPS) is 18.8. The van der Waals surface area contributed by atoms with E-state index in [1.807, 2.05) is 6.92 Å². The molecular weight excluding hydrogens is 278 g/mol. The second-order valence-corrected chi connectivity index (χ2v) is 7.37. The number of nitrogens with one attached hydrogen (secondary N) is 1. The maximum absolute atomic E-state index is 12.4. The topological polar surface area (TPSA) is 61.9 Å². The fourth-order valence-corrected chi connectivity index (χ4v) is 3.88. The molecule has 1 aliphatic rings. The number of nitrogens with zero attached hydrogens (tertiary/aromatic N) is 2. The van der Waals surface area contributed by atoms with Gasteiger partial charge in [-0.05, 0) is 38.3 Å². The quantitative estimate of drug-likeness (QED) is 0.631. The van der Waals surface area contributed by atoms with Gasteiger partial charge in [0.05, 0.1) is 0 Å². The highest BCUT2D eigenvalue weighted by Crippen LogP contribution is 2.21. The Hall–Kier alpha value is -0.210. The first-order valence-electron chi connectivity index (χ1n) is 7.43. The maximum atomic E-state index is 12.4. The number of hydrogen-bond acceptors (Lipinski definition) is 4. The predicted octanol–water partition coefficient (Wildman–Crippen LogP) is 0.521. The zero-order valence-electron chi connectivity index (χ0n) is 13.0. The van der Waals surface area contributed by atoms with Crippen LogP contribution in [0, 0.1) is 5.92 Å². The molecule has 1 rings (SSSR count). The molecule has 0 amide bonds. The number of piperidine rings is 1. The Labute approximate surface area is 123 Å². The van der Waals surface area contributed by atoms with E-state index in [-0.39, 0.29) is 0 Å². The van der Waals surface area contributed by atoms with Crippen molar-refractivity contribution in [3.8, 4) is 0 Å². The molecule has 0 aromatic carbocycles. The van der Waals surface area contributed by atoms with Crippen LogP contribution in [0.4, 0.5) is 0 Å². The van der Waals surface area contributed by atoms with Crippen LogP contribution in [-0.4, -0.2) is 70.5 Å². The van der Waals surface area contributed by atoms with Gasteiger partial charge in [0.2, 0.25) is 0 Å². The molecule has 0 aromatic heterocycles. The lowest BCUT2D eigenvalue weighted by Crippen LogP contribution is -2.46. The van der Waals surface area contributed by atoms with Crippen LogP contribution in [-0.2, 0) is 14.9 Å². The third-order valence-corrected chi connectivity index (χ3v) is 5.76. The van der Waals surface area contributed by atoms with Crippen molar-refractivity contribution in [2.45, 2.75) is 26.2 Å². The Kier molecular flexibility index (Phi) is 7.98. The molecule has 1 N–H and O–H groups in total. The third kappa shape index (κ3) is 5.29. The van der Waals surface area contributed by atoms with E-state index in [9.17, 15) is 8.42 Å². The highest BCUT2D eigenvalue weighted by molar-refractivity contribution is 7.86. The average Bonchev–Trinajstić information content (AvgIpc) is 2.44. The monoisotopic (exact) mass is 307 g/mol. The van der Waals surface area contributed by atoms with E-state index >= 15 is 0 Å². The Balaban J connectivity index is 2.40. The van der Waals surface area contributed by atoms with Gasteiger partial charge in [0.1, 0.15) is 0 Å². The van der Waals surface area contributed by atoms with Crippen LogP contribution in [0.1, 0.15) is 26.2 Å². The fraction of sp³-hybridized carbons (Fsp3) is 1.00. The van der Waals surface area contributed by atoms with E-state index in [0.29, 0.717) is 25.6 Å². The summed E-state index contributed by atoms with van der Waals surface area (Å²) in [7, 11) is 0.0753. The second-order valence-electron chi connectivity index (χ2n) is 5.33. The van der Waals surface area contributed by atoms with Crippen molar-refractivity contribution >= 4 is 10.2 Å². The minimum absolute atomic E-state index is 0.491. The van der Waals surface area contributed by atoms with Crippen LogP contribution in [0.15, 0.2) is 0 Å². The lowest BCUT2D eigenvalue weighted by molar-refractivity contribution is 0.120. The third-order valence-electron chi connectivity index (χ3n) is 3.77. The van der Waals surface area contributed by atoms with Crippen LogP contribution in [0.25, 0.3) is 0 Å². The molecular formula is C13H29N3O3S. The number of rotatable bonds is 9. The zero-order valence-corrected chi connectivity index (χ0v) is 13.8. The average molecular weight is 307 g/mol. The van der Waals surface area contributed by atoms with Crippen LogP contribution in [0.3, 0.4) is 0 Å². The summed E-state index contributed by atoms with van der Waals surface area (Å²) in [5, 5.41) is 3.21. The first-order valence-corrected chi connectivity index (χ1v) is 8.83. The minimum atomic E-state index is -3.29. The molecule has 7 heteroatoms. The standard InChI is InChI=1S/C13H29N3O3S/c1-4-14-8-5-9-15(2)20(17,18)16-10-6-13(7-11-16)12-19-3/h13-14H,4-12H2,1-3H3. The largest absolute Gasteiger partial charge is 0.384 e. The van der Waals surface area contributed by atoms with Gasteiger partial charge in [-0.15, -0.1) is 0 Å². The predicted molar refractivity (Wildman–Crippen MR) is 80.9 cm³/mol. The second kappa shape index (κ2) is 8.94. The molecule has 0 atom stereocenters. The summed E-state index contributed by atoms with van der Waals surface area (Å²) in [6.07, 6.45) is 2.61. The molecule has 120 valence electrons. The molecule has 0 unspecified atom stereocenters. The van der Waals surface area contributed by atoms with Gasteiger partial charge in [-0.2, -0.15) is 17.0 Å². The number of hydrogen-bond donors (Lipinski definition) is 1. The van der Waals surface area contributed by atoms with Crippen molar-refractivity contribution in [1.82, 2.24) is 13.9 Å². The smallest absolute Gasteiger partial charge is 0.281 e. The first kappa shape index (κ1) is 17.8. The Morgan fingerprint density at radius 1 is 1.35 bits per heavy atom. The van der Waals surface area contributed by atoms with Gasteiger partial charge in [-0.3, -0.25) is 0 Å².